The lowest BCUT2D eigenvalue weighted by molar-refractivity contribution is 0.0931. The van der Waals surface area contributed by atoms with E-state index >= 15 is 0 Å². The molecule has 0 aliphatic carbocycles. The molecule has 1 aromatic rings. The molecule has 19 heavy (non-hydrogen) atoms. The first-order valence-corrected chi connectivity index (χ1v) is 7.64. The van der Waals surface area contributed by atoms with Gasteiger partial charge in [-0.3, -0.25) is 4.79 Å². The van der Waals surface area contributed by atoms with Crippen molar-refractivity contribution in [2.75, 3.05) is 18.6 Å². The van der Waals surface area contributed by atoms with Crippen molar-refractivity contribution < 1.29 is 14.3 Å². The first-order valence-electron chi connectivity index (χ1n) is 6.12. The fraction of sp³-hybridized carbons (Fsp3) is 0.500. The minimum Gasteiger partial charge on any atom is -0.493 e. The van der Waals surface area contributed by atoms with Crippen LogP contribution >= 0.6 is 22.6 Å². The first kappa shape index (κ1) is 16.1. The molecule has 0 heterocycles. The molecule has 0 aromatic heterocycles. The Morgan fingerprint density at radius 1 is 1.26 bits per heavy atom. The molecular formula is C14H20INO3. The molecule has 0 saturated carbocycles. The molecule has 0 fully saturated rings. The van der Waals surface area contributed by atoms with Gasteiger partial charge in [0.2, 0.25) is 0 Å². The topological polar surface area (TPSA) is 47.6 Å². The fourth-order valence-corrected chi connectivity index (χ4v) is 2.85. The van der Waals surface area contributed by atoms with Crippen LogP contribution in [0.4, 0.5) is 0 Å². The summed E-state index contributed by atoms with van der Waals surface area (Å²) in [5.74, 6) is 1.50. The lowest BCUT2D eigenvalue weighted by atomic mass is 10.1. The summed E-state index contributed by atoms with van der Waals surface area (Å²) in [5.41, 5.74) is 0.577. The molecule has 4 nitrogen and oxygen atoms in total. The van der Waals surface area contributed by atoms with E-state index in [9.17, 15) is 4.79 Å². The number of carbonyl (C=O) groups excluding carboxylic acids is 1. The number of halogens is 1. The van der Waals surface area contributed by atoms with Gasteiger partial charge in [0.15, 0.2) is 11.5 Å². The van der Waals surface area contributed by atoms with Crippen molar-refractivity contribution in [3.63, 3.8) is 0 Å². The van der Waals surface area contributed by atoms with Crippen molar-refractivity contribution in [2.24, 2.45) is 5.92 Å². The molecule has 0 spiro atoms. The molecule has 0 radical (unpaired) electrons. The number of benzene rings is 1. The quantitative estimate of drug-likeness (QED) is 0.613. The lowest BCUT2D eigenvalue weighted by Crippen LogP contribution is -2.39. The maximum absolute atomic E-state index is 12.2. The van der Waals surface area contributed by atoms with E-state index in [1.807, 2.05) is 0 Å². The van der Waals surface area contributed by atoms with E-state index in [2.05, 4.69) is 41.8 Å². The third-order valence-corrected chi connectivity index (χ3v) is 3.88. The van der Waals surface area contributed by atoms with E-state index in [-0.39, 0.29) is 11.9 Å². The predicted molar refractivity (Wildman–Crippen MR) is 84.5 cm³/mol. The fourth-order valence-electron chi connectivity index (χ4n) is 1.61. The monoisotopic (exact) mass is 377 g/mol. The predicted octanol–water partition coefficient (Wildman–Crippen LogP) is 2.89. The zero-order chi connectivity index (χ0) is 14.4. The van der Waals surface area contributed by atoms with Gasteiger partial charge in [-0.15, -0.1) is 0 Å². The number of hydrogen-bond donors (Lipinski definition) is 1. The smallest absolute Gasteiger partial charge is 0.251 e. The number of alkyl halides is 1. The average molecular weight is 377 g/mol. The van der Waals surface area contributed by atoms with Gasteiger partial charge >= 0.3 is 0 Å². The van der Waals surface area contributed by atoms with Crippen LogP contribution in [0.1, 0.15) is 24.2 Å². The summed E-state index contributed by atoms with van der Waals surface area (Å²) >= 11 is 2.28. The van der Waals surface area contributed by atoms with Gasteiger partial charge in [-0.1, -0.05) is 36.4 Å². The standard InChI is InChI=1S/C14H20INO3/c1-9(2)11(8-15)16-14(17)10-5-6-12(18-3)13(7-10)19-4/h5-7,9,11H,8H2,1-4H3,(H,16,17). The molecule has 1 rings (SSSR count). The zero-order valence-corrected chi connectivity index (χ0v) is 13.9. The third kappa shape index (κ3) is 4.26. The molecule has 5 heteroatoms. The molecule has 1 unspecified atom stereocenters. The Labute approximate surface area is 128 Å². The molecule has 106 valence electrons. The van der Waals surface area contributed by atoms with Crippen LogP contribution in [0.5, 0.6) is 11.5 Å². The highest BCUT2D eigenvalue weighted by molar-refractivity contribution is 14.1. The number of ether oxygens (including phenoxy) is 2. The third-order valence-electron chi connectivity index (χ3n) is 2.93. The summed E-state index contributed by atoms with van der Waals surface area (Å²) in [6.45, 7) is 4.19. The maximum Gasteiger partial charge on any atom is 0.251 e. The van der Waals surface area contributed by atoms with Gasteiger partial charge in [-0.05, 0) is 24.1 Å². The van der Waals surface area contributed by atoms with E-state index < -0.39 is 0 Å². The Morgan fingerprint density at radius 3 is 2.37 bits per heavy atom. The molecule has 0 aliphatic heterocycles. The minimum absolute atomic E-state index is 0.0867. The van der Waals surface area contributed by atoms with Gasteiger partial charge in [0.25, 0.3) is 5.91 Å². The molecule has 0 bridgehead atoms. The number of carbonyl (C=O) groups is 1. The summed E-state index contributed by atoms with van der Waals surface area (Å²) in [7, 11) is 3.13. The van der Waals surface area contributed by atoms with E-state index in [0.717, 1.165) is 4.43 Å². The van der Waals surface area contributed by atoms with Gasteiger partial charge in [-0.25, -0.2) is 0 Å². The maximum atomic E-state index is 12.2. The highest BCUT2D eigenvalue weighted by atomic mass is 127. The van der Waals surface area contributed by atoms with Gasteiger partial charge in [0.1, 0.15) is 0 Å². The Kier molecular flexibility index (Phi) is 6.41. The van der Waals surface area contributed by atoms with Gasteiger partial charge in [0.05, 0.1) is 14.2 Å². The van der Waals surface area contributed by atoms with Crippen LogP contribution in [0.25, 0.3) is 0 Å². The Bertz CT molecular complexity index is 435. The van der Waals surface area contributed by atoms with E-state index in [1.165, 1.54) is 0 Å². The van der Waals surface area contributed by atoms with Crippen molar-refractivity contribution in [3.8, 4) is 11.5 Å². The SMILES string of the molecule is COc1ccc(C(=O)NC(CI)C(C)C)cc1OC. The van der Waals surface area contributed by atoms with Crippen LogP contribution < -0.4 is 14.8 Å². The van der Waals surface area contributed by atoms with Gasteiger partial charge < -0.3 is 14.8 Å². The Balaban J connectivity index is 2.88. The number of amides is 1. The van der Waals surface area contributed by atoms with E-state index in [4.69, 9.17) is 9.47 Å². The lowest BCUT2D eigenvalue weighted by Gasteiger charge is -2.20. The number of hydrogen-bond acceptors (Lipinski definition) is 3. The summed E-state index contributed by atoms with van der Waals surface area (Å²) in [4.78, 5) is 12.2. The van der Waals surface area contributed by atoms with Crippen LogP contribution in [-0.4, -0.2) is 30.6 Å². The summed E-state index contributed by atoms with van der Waals surface area (Å²) in [6.07, 6.45) is 0. The zero-order valence-electron chi connectivity index (χ0n) is 11.7. The van der Waals surface area contributed by atoms with Crippen molar-refractivity contribution in [3.05, 3.63) is 23.8 Å². The molecule has 1 atom stereocenters. The van der Waals surface area contributed by atoms with Crippen LogP contribution in [0, 0.1) is 5.92 Å². The molecule has 1 N–H and O–H groups in total. The minimum atomic E-state index is -0.0867. The van der Waals surface area contributed by atoms with Crippen molar-refractivity contribution in [1.82, 2.24) is 5.32 Å². The molecular weight excluding hydrogens is 357 g/mol. The second-order valence-electron chi connectivity index (χ2n) is 4.55. The number of nitrogens with one attached hydrogen (secondary N) is 1. The van der Waals surface area contributed by atoms with Crippen LogP contribution in [-0.2, 0) is 0 Å². The van der Waals surface area contributed by atoms with E-state index in [1.54, 1.807) is 32.4 Å². The number of rotatable bonds is 6. The van der Waals surface area contributed by atoms with Gasteiger partial charge in [0, 0.05) is 16.0 Å². The summed E-state index contributed by atoms with van der Waals surface area (Å²) in [5, 5.41) is 3.03. The van der Waals surface area contributed by atoms with E-state index in [0.29, 0.717) is 23.0 Å². The number of methoxy groups -OCH3 is 2. The summed E-state index contributed by atoms with van der Waals surface area (Å²) < 4.78 is 11.2. The van der Waals surface area contributed by atoms with Gasteiger partial charge in [-0.2, -0.15) is 0 Å². The summed E-state index contributed by atoms with van der Waals surface area (Å²) in [6, 6.07) is 5.34. The Hall–Kier alpha value is -0.980. The Morgan fingerprint density at radius 2 is 1.89 bits per heavy atom. The second kappa shape index (κ2) is 7.57. The first-order chi connectivity index (χ1) is 9.03. The second-order valence-corrected chi connectivity index (χ2v) is 5.43. The highest BCUT2D eigenvalue weighted by Gasteiger charge is 2.17. The van der Waals surface area contributed by atoms with Crippen molar-refractivity contribution >= 4 is 28.5 Å². The molecule has 0 aliphatic rings. The highest BCUT2D eigenvalue weighted by Crippen LogP contribution is 2.27. The molecule has 1 aromatic carbocycles. The van der Waals surface area contributed by atoms with Crippen LogP contribution in [0.3, 0.4) is 0 Å². The van der Waals surface area contributed by atoms with Crippen molar-refractivity contribution in [1.29, 1.82) is 0 Å². The molecule has 1 amide bonds. The van der Waals surface area contributed by atoms with Crippen molar-refractivity contribution in [2.45, 2.75) is 19.9 Å². The molecule has 0 saturated heterocycles. The largest absolute Gasteiger partial charge is 0.493 e. The average Bonchev–Trinajstić information content (AvgIpc) is 2.43. The normalized spacial score (nSPS) is 12.1. The van der Waals surface area contributed by atoms with Crippen LogP contribution in [0.2, 0.25) is 0 Å². The van der Waals surface area contributed by atoms with Crippen LogP contribution in [0.15, 0.2) is 18.2 Å².